The lowest BCUT2D eigenvalue weighted by atomic mass is 9.97. The molecule has 1 fully saturated rings. The third-order valence-electron chi connectivity index (χ3n) is 2.40. The van der Waals surface area contributed by atoms with E-state index < -0.39 is 0 Å². The number of rotatable bonds is 2. The minimum Gasteiger partial charge on any atom is -0.393 e. The van der Waals surface area contributed by atoms with Crippen LogP contribution in [0, 0.1) is 5.92 Å². The van der Waals surface area contributed by atoms with Gasteiger partial charge >= 0.3 is 0 Å². The number of aliphatic hydroxyl groups excluding tert-OH is 1. The van der Waals surface area contributed by atoms with Gasteiger partial charge in [-0.15, -0.1) is 0 Å². The second-order valence-corrected chi connectivity index (χ2v) is 3.71. The molecule has 1 heterocycles. The van der Waals surface area contributed by atoms with Crippen LogP contribution in [0.25, 0.3) is 0 Å². The van der Waals surface area contributed by atoms with Crippen LogP contribution in [0.5, 0.6) is 0 Å². The van der Waals surface area contributed by atoms with Gasteiger partial charge in [0.15, 0.2) is 0 Å². The summed E-state index contributed by atoms with van der Waals surface area (Å²) in [6.45, 7) is 4.94. The van der Waals surface area contributed by atoms with Crippen LogP contribution in [0.15, 0.2) is 11.6 Å². The Bertz CT molecular complexity index is 161. The molecule has 0 aromatic heterocycles. The van der Waals surface area contributed by atoms with E-state index in [4.69, 9.17) is 11.6 Å². The lowest BCUT2D eigenvalue weighted by Crippen LogP contribution is -2.41. The monoisotopic (exact) mass is 189 g/mol. The van der Waals surface area contributed by atoms with Crippen LogP contribution >= 0.6 is 11.6 Å². The molecule has 1 saturated heterocycles. The minimum absolute atomic E-state index is 0.110. The molecule has 0 saturated carbocycles. The first-order chi connectivity index (χ1) is 5.74. The molecule has 1 rings (SSSR count). The van der Waals surface area contributed by atoms with E-state index in [1.165, 1.54) is 0 Å². The highest BCUT2D eigenvalue weighted by Crippen LogP contribution is 2.15. The van der Waals surface area contributed by atoms with Crippen molar-refractivity contribution < 1.29 is 5.11 Å². The average Bonchev–Trinajstić information content (AvgIpc) is 2.07. The number of halogens is 1. The Hall–Kier alpha value is -0.0500. The fraction of sp³-hybridized carbons (Fsp3) is 0.778. The van der Waals surface area contributed by atoms with E-state index in [0.29, 0.717) is 5.92 Å². The zero-order chi connectivity index (χ0) is 8.97. The van der Waals surface area contributed by atoms with Crippen molar-refractivity contribution in [3.8, 4) is 0 Å². The number of aliphatic hydroxyl groups is 1. The summed E-state index contributed by atoms with van der Waals surface area (Å²) in [7, 11) is 0. The van der Waals surface area contributed by atoms with Crippen molar-refractivity contribution in [3.63, 3.8) is 0 Å². The first-order valence-electron chi connectivity index (χ1n) is 4.39. The van der Waals surface area contributed by atoms with Gasteiger partial charge in [0, 0.05) is 25.2 Å². The van der Waals surface area contributed by atoms with Crippen LogP contribution in [0.4, 0.5) is 0 Å². The van der Waals surface area contributed by atoms with E-state index in [-0.39, 0.29) is 6.10 Å². The van der Waals surface area contributed by atoms with Crippen molar-refractivity contribution in [3.05, 3.63) is 11.6 Å². The first kappa shape index (κ1) is 10.0. The van der Waals surface area contributed by atoms with Gasteiger partial charge < -0.3 is 5.11 Å². The number of hydrogen-bond donors (Lipinski definition) is 1. The molecule has 0 spiro atoms. The molecule has 12 heavy (non-hydrogen) atoms. The van der Waals surface area contributed by atoms with Crippen LogP contribution < -0.4 is 0 Å². The van der Waals surface area contributed by atoms with E-state index in [2.05, 4.69) is 11.8 Å². The highest BCUT2D eigenvalue weighted by molar-refractivity contribution is 6.25. The Morgan fingerprint density at radius 2 is 2.42 bits per heavy atom. The van der Waals surface area contributed by atoms with E-state index in [1.54, 1.807) is 5.54 Å². The van der Waals surface area contributed by atoms with Crippen LogP contribution in [0.3, 0.4) is 0 Å². The molecule has 0 amide bonds. The maximum atomic E-state index is 9.45. The summed E-state index contributed by atoms with van der Waals surface area (Å²) in [6.07, 6.45) is 2.71. The Morgan fingerprint density at radius 1 is 1.67 bits per heavy atom. The molecule has 0 aliphatic carbocycles. The maximum Gasteiger partial charge on any atom is 0.0590 e. The topological polar surface area (TPSA) is 23.5 Å². The lowest BCUT2D eigenvalue weighted by molar-refractivity contribution is 0.0396. The van der Waals surface area contributed by atoms with Gasteiger partial charge in [-0.1, -0.05) is 24.6 Å². The summed E-state index contributed by atoms with van der Waals surface area (Å²) >= 11 is 5.43. The number of nitrogens with zero attached hydrogens (tertiary/aromatic N) is 1. The average molecular weight is 190 g/mol. The van der Waals surface area contributed by atoms with Crippen LogP contribution in [-0.2, 0) is 0 Å². The second-order valence-electron chi connectivity index (χ2n) is 3.45. The molecule has 1 aliphatic rings. The zero-order valence-corrected chi connectivity index (χ0v) is 8.17. The van der Waals surface area contributed by atoms with Gasteiger partial charge in [0.1, 0.15) is 0 Å². The fourth-order valence-corrected chi connectivity index (χ4v) is 1.65. The van der Waals surface area contributed by atoms with Gasteiger partial charge in [0.05, 0.1) is 6.10 Å². The lowest BCUT2D eigenvalue weighted by Gasteiger charge is -2.33. The van der Waals surface area contributed by atoms with E-state index in [9.17, 15) is 5.11 Å². The van der Waals surface area contributed by atoms with Crippen molar-refractivity contribution in [1.29, 1.82) is 0 Å². The summed E-state index contributed by atoms with van der Waals surface area (Å²) in [5.74, 6) is 0.391. The van der Waals surface area contributed by atoms with Gasteiger partial charge in [-0.25, -0.2) is 0 Å². The molecule has 2 nitrogen and oxygen atoms in total. The van der Waals surface area contributed by atoms with Gasteiger partial charge in [-0.2, -0.15) is 0 Å². The molecule has 0 radical (unpaired) electrons. The first-order valence-corrected chi connectivity index (χ1v) is 4.83. The summed E-state index contributed by atoms with van der Waals surface area (Å²) in [5.41, 5.74) is 1.55. The maximum absolute atomic E-state index is 9.45. The molecule has 1 N–H and O–H groups in total. The number of likely N-dealkylation sites (tertiary alicyclic amines) is 1. The molecular formula is C9H16ClNO. The normalized spacial score (nSPS) is 32.9. The summed E-state index contributed by atoms with van der Waals surface area (Å²) in [5, 5.41) is 9.45. The molecule has 0 aromatic rings. The van der Waals surface area contributed by atoms with Crippen molar-refractivity contribution in [2.45, 2.75) is 19.4 Å². The molecule has 0 bridgehead atoms. The third-order valence-corrected chi connectivity index (χ3v) is 2.57. The van der Waals surface area contributed by atoms with Gasteiger partial charge in [0.2, 0.25) is 0 Å². The Balaban J connectivity index is 2.30. The third kappa shape index (κ3) is 2.77. The van der Waals surface area contributed by atoms with Gasteiger partial charge in [-0.3, -0.25) is 4.90 Å². The highest BCUT2D eigenvalue weighted by Gasteiger charge is 2.22. The van der Waals surface area contributed by atoms with Crippen molar-refractivity contribution >= 4 is 11.6 Å². The quantitative estimate of drug-likeness (QED) is 0.711. The Kier molecular flexibility index (Phi) is 4.06. The highest BCUT2D eigenvalue weighted by atomic mass is 35.5. The smallest absolute Gasteiger partial charge is 0.0590 e. The summed E-state index contributed by atoms with van der Waals surface area (Å²) < 4.78 is 0. The number of piperidine rings is 1. The largest absolute Gasteiger partial charge is 0.393 e. The van der Waals surface area contributed by atoms with E-state index >= 15 is 0 Å². The molecule has 0 aromatic carbocycles. The predicted octanol–water partition coefficient (Wildman–Crippen LogP) is 1.44. The zero-order valence-electron chi connectivity index (χ0n) is 7.41. The van der Waals surface area contributed by atoms with Crippen molar-refractivity contribution in [2.75, 3.05) is 19.6 Å². The summed E-state index contributed by atoms with van der Waals surface area (Å²) in [6, 6.07) is 0. The van der Waals surface area contributed by atoms with Crippen molar-refractivity contribution in [2.24, 2.45) is 5.92 Å². The minimum atomic E-state index is -0.110. The standard InChI is InChI=1S/C9H16ClNO/c1-8-7-11(5-2-4-10)6-3-9(8)12/h2,4,8-9,12H,3,5-7H2,1H3/b4-2+. The molecule has 70 valence electrons. The molecule has 3 heteroatoms. The number of hydrogen-bond acceptors (Lipinski definition) is 2. The fourth-order valence-electron chi connectivity index (χ4n) is 1.57. The SMILES string of the molecule is CC1CN(C/C=C/Cl)CCC1O. The molecule has 2 atom stereocenters. The van der Waals surface area contributed by atoms with Crippen LogP contribution in [0.1, 0.15) is 13.3 Å². The summed E-state index contributed by atoms with van der Waals surface area (Å²) in [4.78, 5) is 2.30. The molecule has 2 unspecified atom stereocenters. The van der Waals surface area contributed by atoms with Crippen LogP contribution in [0.2, 0.25) is 0 Å². The Labute approximate surface area is 78.8 Å². The van der Waals surface area contributed by atoms with Gasteiger partial charge in [0.25, 0.3) is 0 Å². The van der Waals surface area contributed by atoms with E-state index in [1.807, 2.05) is 6.08 Å². The van der Waals surface area contributed by atoms with E-state index in [0.717, 1.165) is 26.1 Å². The van der Waals surface area contributed by atoms with Crippen LogP contribution in [-0.4, -0.2) is 35.7 Å². The predicted molar refractivity (Wildman–Crippen MR) is 51.2 cm³/mol. The molecular weight excluding hydrogens is 174 g/mol. The molecule has 1 aliphatic heterocycles. The van der Waals surface area contributed by atoms with Gasteiger partial charge in [-0.05, 0) is 12.3 Å². The Morgan fingerprint density at radius 3 is 3.00 bits per heavy atom. The second kappa shape index (κ2) is 4.85. The van der Waals surface area contributed by atoms with Crippen molar-refractivity contribution in [1.82, 2.24) is 4.90 Å².